The summed E-state index contributed by atoms with van der Waals surface area (Å²) in [6, 6.07) is 3.74. The first-order valence-electron chi connectivity index (χ1n) is 10.7. The van der Waals surface area contributed by atoms with Gasteiger partial charge in [0.1, 0.15) is 11.6 Å². The average Bonchev–Trinajstić information content (AvgIpc) is 3.56. The molecule has 7 heteroatoms. The van der Waals surface area contributed by atoms with Crippen LogP contribution in [0.4, 0.5) is 8.78 Å². The molecule has 1 aromatic rings. The maximum atomic E-state index is 13.3. The number of amides is 2. The Morgan fingerprint density at radius 2 is 1.62 bits per heavy atom. The predicted octanol–water partition coefficient (Wildman–Crippen LogP) is 2.69. The van der Waals surface area contributed by atoms with Gasteiger partial charge in [-0.15, -0.1) is 0 Å². The summed E-state index contributed by atoms with van der Waals surface area (Å²) in [7, 11) is 0. The van der Waals surface area contributed by atoms with Crippen molar-refractivity contribution in [3.63, 3.8) is 0 Å². The lowest BCUT2D eigenvalue weighted by molar-refractivity contribution is -0.134. The normalized spacial score (nSPS) is 23.8. The molecular formula is C22H29F2N3O2. The quantitative estimate of drug-likeness (QED) is 0.820. The average molecular weight is 405 g/mol. The highest BCUT2D eigenvalue weighted by Crippen LogP contribution is 2.32. The van der Waals surface area contributed by atoms with Crippen molar-refractivity contribution >= 4 is 11.8 Å². The van der Waals surface area contributed by atoms with Gasteiger partial charge in [0.2, 0.25) is 11.8 Å². The minimum Gasteiger partial charge on any atom is -0.352 e. The van der Waals surface area contributed by atoms with E-state index in [-0.39, 0.29) is 24.3 Å². The van der Waals surface area contributed by atoms with Crippen molar-refractivity contribution in [2.75, 3.05) is 26.2 Å². The van der Waals surface area contributed by atoms with Crippen LogP contribution in [0.3, 0.4) is 0 Å². The van der Waals surface area contributed by atoms with Crippen LogP contribution in [0.5, 0.6) is 0 Å². The van der Waals surface area contributed by atoms with Crippen LogP contribution in [0, 0.1) is 23.5 Å². The van der Waals surface area contributed by atoms with Crippen LogP contribution >= 0.6 is 0 Å². The van der Waals surface area contributed by atoms with Gasteiger partial charge in [-0.2, -0.15) is 0 Å². The van der Waals surface area contributed by atoms with Crippen molar-refractivity contribution in [3.8, 4) is 0 Å². The van der Waals surface area contributed by atoms with Gasteiger partial charge in [-0.1, -0.05) is 0 Å². The van der Waals surface area contributed by atoms with Crippen LogP contribution in [-0.4, -0.2) is 53.8 Å². The van der Waals surface area contributed by atoms with Gasteiger partial charge < -0.3 is 10.2 Å². The highest BCUT2D eigenvalue weighted by atomic mass is 19.1. The molecule has 0 spiro atoms. The number of hydrogen-bond donors (Lipinski definition) is 1. The Kier molecular flexibility index (Phi) is 6.13. The Bertz CT molecular complexity index is 740. The second kappa shape index (κ2) is 8.78. The molecule has 1 aromatic carbocycles. The number of hydrogen-bond acceptors (Lipinski definition) is 3. The van der Waals surface area contributed by atoms with Crippen molar-refractivity contribution in [1.82, 2.24) is 15.1 Å². The fraction of sp³-hybridized carbons (Fsp3) is 0.636. The summed E-state index contributed by atoms with van der Waals surface area (Å²) >= 11 is 0. The highest BCUT2D eigenvalue weighted by Gasteiger charge is 2.37. The topological polar surface area (TPSA) is 52.7 Å². The SMILES string of the molecule is O=C(NCc1cc(F)cc(F)c1)[C@H]1CCCN(C2CCN(C(=O)C3CC3)CC2)C1. The lowest BCUT2D eigenvalue weighted by Crippen LogP contribution is -2.51. The molecule has 29 heavy (non-hydrogen) atoms. The fourth-order valence-electron chi connectivity index (χ4n) is 4.64. The van der Waals surface area contributed by atoms with E-state index in [1.54, 1.807) is 0 Å². The largest absolute Gasteiger partial charge is 0.352 e. The summed E-state index contributed by atoms with van der Waals surface area (Å²) in [5.41, 5.74) is 0.427. The van der Waals surface area contributed by atoms with Crippen molar-refractivity contribution < 1.29 is 18.4 Å². The summed E-state index contributed by atoms with van der Waals surface area (Å²) in [6.07, 6.45) is 5.82. The molecule has 4 rings (SSSR count). The molecule has 5 nitrogen and oxygen atoms in total. The Morgan fingerprint density at radius 1 is 0.931 bits per heavy atom. The fourth-order valence-corrected chi connectivity index (χ4v) is 4.64. The minimum atomic E-state index is -0.635. The Hall–Kier alpha value is -2.02. The summed E-state index contributed by atoms with van der Waals surface area (Å²) in [6.45, 7) is 3.47. The van der Waals surface area contributed by atoms with Gasteiger partial charge >= 0.3 is 0 Å². The zero-order valence-corrected chi connectivity index (χ0v) is 16.7. The summed E-state index contributed by atoms with van der Waals surface area (Å²) in [5, 5.41) is 2.84. The molecule has 2 saturated heterocycles. The zero-order valence-electron chi connectivity index (χ0n) is 16.7. The van der Waals surface area contributed by atoms with E-state index in [1.807, 2.05) is 4.90 Å². The molecule has 2 heterocycles. The Morgan fingerprint density at radius 3 is 2.28 bits per heavy atom. The maximum absolute atomic E-state index is 13.3. The smallest absolute Gasteiger partial charge is 0.225 e. The van der Waals surface area contributed by atoms with Crippen molar-refractivity contribution in [3.05, 3.63) is 35.4 Å². The lowest BCUT2D eigenvalue weighted by atomic mass is 9.93. The number of piperidine rings is 2. The highest BCUT2D eigenvalue weighted by molar-refractivity contribution is 5.81. The van der Waals surface area contributed by atoms with E-state index in [9.17, 15) is 18.4 Å². The van der Waals surface area contributed by atoms with Crippen LogP contribution in [0.1, 0.15) is 44.1 Å². The maximum Gasteiger partial charge on any atom is 0.225 e. The molecular weight excluding hydrogens is 376 g/mol. The minimum absolute atomic E-state index is 0.0549. The molecule has 3 aliphatic rings. The molecule has 0 bridgehead atoms. The number of carbonyl (C=O) groups excluding carboxylic acids is 2. The van der Waals surface area contributed by atoms with Gasteiger partial charge in [0.25, 0.3) is 0 Å². The lowest BCUT2D eigenvalue weighted by Gasteiger charge is -2.42. The molecule has 1 saturated carbocycles. The number of halogens is 2. The van der Waals surface area contributed by atoms with Crippen molar-refractivity contribution in [2.45, 2.75) is 51.1 Å². The summed E-state index contributed by atoms with van der Waals surface area (Å²) in [5.74, 6) is -0.822. The third-order valence-electron chi connectivity index (χ3n) is 6.43. The number of benzene rings is 1. The monoisotopic (exact) mass is 405 g/mol. The van der Waals surface area contributed by atoms with Crippen LogP contribution in [0.25, 0.3) is 0 Å². The molecule has 2 aliphatic heterocycles. The van der Waals surface area contributed by atoms with Gasteiger partial charge in [0, 0.05) is 44.2 Å². The van der Waals surface area contributed by atoms with E-state index in [0.717, 1.165) is 64.2 Å². The summed E-state index contributed by atoms with van der Waals surface area (Å²) < 4.78 is 26.6. The van der Waals surface area contributed by atoms with Crippen LogP contribution in [0.15, 0.2) is 18.2 Å². The first-order chi connectivity index (χ1) is 14.0. The third-order valence-corrected chi connectivity index (χ3v) is 6.43. The second-order valence-electron chi connectivity index (χ2n) is 8.66. The second-order valence-corrected chi connectivity index (χ2v) is 8.66. The molecule has 3 fully saturated rings. The van der Waals surface area contributed by atoms with E-state index >= 15 is 0 Å². The molecule has 1 aliphatic carbocycles. The molecule has 158 valence electrons. The molecule has 0 unspecified atom stereocenters. The van der Waals surface area contributed by atoms with Gasteiger partial charge in [-0.25, -0.2) is 8.78 Å². The number of carbonyl (C=O) groups is 2. The van der Waals surface area contributed by atoms with E-state index in [2.05, 4.69) is 10.2 Å². The van der Waals surface area contributed by atoms with E-state index in [1.165, 1.54) is 12.1 Å². The molecule has 1 N–H and O–H groups in total. The van der Waals surface area contributed by atoms with Gasteiger partial charge in [-0.05, 0) is 62.8 Å². The van der Waals surface area contributed by atoms with Gasteiger partial charge in [0.15, 0.2) is 0 Å². The van der Waals surface area contributed by atoms with Crippen molar-refractivity contribution in [1.29, 1.82) is 0 Å². The molecule has 1 atom stereocenters. The first kappa shape index (κ1) is 20.3. The number of rotatable bonds is 5. The van der Waals surface area contributed by atoms with Gasteiger partial charge in [0.05, 0.1) is 5.92 Å². The summed E-state index contributed by atoms with van der Waals surface area (Å²) in [4.78, 5) is 29.3. The van der Waals surface area contributed by atoms with E-state index in [0.29, 0.717) is 24.1 Å². The van der Waals surface area contributed by atoms with Crippen LogP contribution in [-0.2, 0) is 16.1 Å². The van der Waals surface area contributed by atoms with E-state index < -0.39 is 11.6 Å². The van der Waals surface area contributed by atoms with E-state index in [4.69, 9.17) is 0 Å². The van der Waals surface area contributed by atoms with Crippen molar-refractivity contribution in [2.24, 2.45) is 11.8 Å². The molecule has 0 radical (unpaired) electrons. The van der Waals surface area contributed by atoms with Gasteiger partial charge in [-0.3, -0.25) is 14.5 Å². The number of nitrogens with zero attached hydrogens (tertiary/aromatic N) is 2. The predicted molar refractivity (Wildman–Crippen MR) is 105 cm³/mol. The standard InChI is InChI=1S/C22H29F2N3O2/c23-18-10-15(11-19(24)12-18)13-25-21(28)17-2-1-7-27(14-17)20-5-8-26(9-6-20)22(29)16-3-4-16/h10-12,16-17,20H,1-9,13-14H2,(H,25,28)/t17-/m0/s1. The van der Waals surface area contributed by atoms with Crippen LogP contribution < -0.4 is 5.32 Å². The number of nitrogens with one attached hydrogen (secondary N) is 1. The Labute approximate surface area is 170 Å². The number of likely N-dealkylation sites (tertiary alicyclic amines) is 2. The molecule has 2 amide bonds. The Balaban J connectivity index is 1.25. The molecule has 0 aromatic heterocycles. The first-order valence-corrected chi connectivity index (χ1v) is 10.7. The third kappa shape index (κ3) is 5.13. The zero-order chi connectivity index (χ0) is 20.4. The van der Waals surface area contributed by atoms with Crippen LogP contribution in [0.2, 0.25) is 0 Å².